The molecule has 1 saturated carbocycles. The van der Waals surface area contributed by atoms with E-state index in [4.69, 9.17) is 17.3 Å². The Bertz CT molecular complexity index is 671. The highest BCUT2D eigenvalue weighted by Crippen LogP contribution is 2.51. The lowest BCUT2D eigenvalue weighted by Gasteiger charge is -2.16. The summed E-state index contributed by atoms with van der Waals surface area (Å²) in [6.07, 6.45) is 4.17. The minimum atomic E-state index is -0.442. The molecule has 1 fully saturated rings. The van der Waals surface area contributed by atoms with Crippen molar-refractivity contribution in [2.24, 2.45) is 0 Å². The molecule has 2 N–H and O–H groups in total. The summed E-state index contributed by atoms with van der Waals surface area (Å²) < 4.78 is 1.72. The van der Waals surface area contributed by atoms with E-state index >= 15 is 0 Å². The fourth-order valence-corrected chi connectivity index (χ4v) is 3.00. The summed E-state index contributed by atoms with van der Waals surface area (Å²) in [5.41, 5.74) is 7.54. The van der Waals surface area contributed by atoms with Crippen molar-refractivity contribution in [2.75, 3.05) is 5.73 Å². The van der Waals surface area contributed by atoms with E-state index in [-0.39, 0.29) is 5.78 Å². The van der Waals surface area contributed by atoms with Gasteiger partial charge in [-0.3, -0.25) is 9.48 Å². The lowest BCUT2D eigenvalue weighted by molar-refractivity contribution is 0.0935. The van der Waals surface area contributed by atoms with Crippen LogP contribution in [-0.2, 0) is 12.0 Å². The minimum absolute atomic E-state index is 0.0724. The van der Waals surface area contributed by atoms with E-state index in [1.807, 2.05) is 24.3 Å². The number of hydrogen-bond donors (Lipinski definition) is 1. The van der Waals surface area contributed by atoms with Crippen LogP contribution in [0.15, 0.2) is 30.5 Å². The maximum atomic E-state index is 13.0. The summed E-state index contributed by atoms with van der Waals surface area (Å²) in [6, 6.07) is 7.56. The van der Waals surface area contributed by atoms with Crippen molar-refractivity contribution in [1.29, 1.82) is 0 Å². The van der Waals surface area contributed by atoms with Gasteiger partial charge in [0.2, 0.25) is 0 Å². The fourth-order valence-electron chi connectivity index (χ4n) is 2.77. The zero-order chi connectivity index (χ0) is 15.0. The summed E-state index contributed by atoms with van der Waals surface area (Å²) in [4.78, 5) is 13.0. The molecule has 1 aliphatic rings. The fraction of sp³-hybridized carbons (Fsp3) is 0.375. The van der Waals surface area contributed by atoms with Gasteiger partial charge in [-0.2, -0.15) is 5.10 Å². The molecule has 2 aromatic rings. The molecule has 0 saturated heterocycles. The number of aromatic nitrogens is 2. The first kappa shape index (κ1) is 14.1. The Kier molecular flexibility index (Phi) is 3.49. The first-order valence-corrected chi connectivity index (χ1v) is 7.58. The van der Waals surface area contributed by atoms with Crippen LogP contribution in [0.25, 0.3) is 0 Å². The van der Waals surface area contributed by atoms with Crippen LogP contribution in [-0.4, -0.2) is 15.6 Å². The number of ketones is 1. The van der Waals surface area contributed by atoms with Crippen molar-refractivity contribution in [3.05, 3.63) is 46.7 Å². The van der Waals surface area contributed by atoms with E-state index in [1.165, 1.54) is 0 Å². The standard InChI is InChI=1S/C16H18ClN3O/c1-2-9-20-14(13(17)10-19-20)15(21)16(7-8-16)11-3-5-12(18)6-4-11/h3-6,10H,2,7-9,18H2,1H3. The molecule has 1 heterocycles. The van der Waals surface area contributed by atoms with Crippen LogP contribution in [0.2, 0.25) is 5.02 Å². The van der Waals surface area contributed by atoms with Gasteiger partial charge in [0, 0.05) is 12.2 Å². The van der Waals surface area contributed by atoms with Crippen molar-refractivity contribution >= 4 is 23.1 Å². The monoisotopic (exact) mass is 303 g/mol. The Balaban J connectivity index is 1.98. The van der Waals surface area contributed by atoms with Crippen molar-refractivity contribution in [1.82, 2.24) is 9.78 Å². The third-order valence-electron chi connectivity index (χ3n) is 4.09. The molecule has 5 heteroatoms. The van der Waals surface area contributed by atoms with Crippen molar-refractivity contribution in [3.8, 4) is 0 Å². The summed E-state index contributed by atoms with van der Waals surface area (Å²) in [5.74, 6) is 0.0724. The second-order valence-corrected chi connectivity index (χ2v) is 6.00. The summed E-state index contributed by atoms with van der Waals surface area (Å²) in [5, 5.41) is 4.66. The number of nitrogens with two attached hydrogens (primary N) is 1. The summed E-state index contributed by atoms with van der Waals surface area (Å²) in [7, 11) is 0. The number of carbonyl (C=O) groups excluding carboxylic acids is 1. The van der Waals surface area contributed by atoms with Gasteiger partial charge in [0.1, 0.15) is 5.69 Å². The average molecular weight is 304 g/mol. The Morgan fingerprint density at radius 1 is 1.38 bits per heavy atom. The topological polar surface area (TPSA) is 60.9 Å². The number of aryl methyl sites for hydroxylation is 1. The van der Waals surface area contributed by atoms with Crippen LogP contribution in [0.1, 0.15) is 42.2 Å². The Hall–Kier alpha value is -1.81. The smallest absolute Gasteiger partial charge is 0.192 e. The highest BCUT2D eigenvalue weighted by Gasteiger charge is 2.52. The van der Waals surface area contributed by atoms with Gasteiger partial charge in [-0.05, 0) is 37.0 Å². The minimum Gasteiger partial charge on any atom is -0.399 e. The third kappa shape index (κ3) is 2.33. The van der Waals surface area contributed by atoms with Crippen molar-refractivity contribution in [2.45, 2.75) is 38.1 Å². The lowest BCUT2D eigenvalue weighted by atomic mass is 9.89. The van der Waals surface area contributed by atoms with Gasteiger partial charge in [0.05, 0.1) is 16.6 Å². The van der Waals surface area contributed by atoms with E-state index in [9.17, 15) is 4.79 Å². The predicted octanol–water partition coefficient (Wildman–Crippen LogP) is 3.44. The van der Waals surface area contributed by atoms with Crippen molar-refractivity contribution in [3.63, 3.8) is 0 Å². The van der Waals surface area contributed by atoms with Gasteiger partial charge < -0.3 is 5.73 Å². The highest BCUT2D eigenvalue weighted by atomic mass is 35.5. The third-order valence-corrected chi connectivity index (χ3v) is 4.37. The zero-order valence-corrected chi connectivity index (χ0v) is 12.7. The van der Waals surface area contributed by atoms with Gasteiger partial charge in [0.15, 0.2) is 5.78 Å². The molecule has 0 amide bonds. The molecule has 0 unspecified atom stereocenters. The molecule has 3 rings (SSSR count). The average Bonchev–Trinajstić information content (AvgIpc) is 3.20. The van der Waals surface area contributed by atoms with Crippen LogP contribution < -0.4 is 5.73 Å². The van der Waals surface area contributed by atoms with Crippen LogP contribution in [0.3, 0.4) is 0 Å². The molecule has 1 aromatic heterocycles. The van der Waals surface area contributed by atoms with Gasteiger partial charge in [-0.15, -0.1) is 0 Å². The molecular weight excluding hydrogens is 286 g/mol. The lowest BCUT2D eigenvalue weighted by Crippen LogP contribution is -2.24. The zero-order valence-electron chi connectivity index (χ0n) is 12.0. The molecule has 0 bridgehead atoms. The van der Waals surface area contributed by atoms with Gasteiger partial charge in [-0.25, -0.2) is 0 Å². The van der Waals surface area contributed by atoms with Gasteiger partial charge in [-0.1, -0.05) is 30.7 Å². The van der Waals surface area contributed by atoms with Crippen LogP contribution in [0, 0.1) is 0 Å². The Morgan fingerprint density at radius 3 is 2.62 bits per heavy atom. The molecule has 0 aliphatic heterocycles. The van der Waals surface area contributed by atoms with E-state index in [0.29, 0.717) is 22.9 Å². The number of Topliss-reactive ketones (excluding diaryl/α,β-unsaturated/α-hetero) is 1. The Labute approximate surface area is 128 Å². The maximum Gasteiger partial charge on any atom is 0.192 e. The largest absolute Gasteiger partial charge is 0.399 e. The summed E-state index contributed by atoms with van der Waals surface area (Å²) >= 11 is 6.20. The SMILES string of the molecule is CCCn1ncc(Cl)c1C(=O)C1(c2ccc(N)cc2)CC1. The predicted molar refractivity (Wildman–Crippen MR) is 83.6 cm³/mol. The number of benzene rings is 1. The number of nitrogens with zero attached hydrogens (tertiary/aromatic N) is 2. The number of halogens is 1. The van der Waals surface area contributed by atoms with E-state index in [1.54, 1.807) is 10.9 Å². The molecular formula is C16H18ClN3O. The number of nitrogen functional groups attached to an aromatic ring is 1. The first-order valence-electron chi connectivity index (χ1n) is 7.20. The molecule has 0 atom stereocenters. The van der Waals surface area contributed by atoms with Crippen molar-refractivity contribution < 1.29 is 4.79 Å². The number of hydrogen-bond acceptors (Lipinski definition) is 3. The van der Waals surface area contributed by atoms with Gasteiger partial charge in [0.25, 0.3) is 0 Å². The quantitative estimate of drug-likeness (QED) is 0.680. The van der Waals surface area contributed by atoms with Crippen LogP contribution in [0.5, 0.6) is 0 Å². The molecule has 0 radical (unpaired) electrons. The van der Waals surface area contributed by atoms with Crippen LogP contribution in [0.4, 0.5) is 5.69 Å². The molecule has 1 aliphatic carbocycles. The second-order valence-electron chi connectivity index (χ2n) is 5.60. The normalized spacial score (nSPS) is 15.9. The molecule has 0 spiro atoms. The maximum absolute atomic E-state index is 13.0. The molecule has 110 valence electrons. The number of carbonyl (C=O) groups is 1. The van der Waals surface area contributed by atoms with Gasteiger partial charge >= 0.3 is 0 Å². The number of rotatable bonds is 5. The Morgan fingerprint density at radius 2 is 2.05 bits per heavy atom. The second kappa shape index (κ2) is 5.19. The first-order chi connectivity index (χ1) is 10.1. The molecule has 1 aromatic carbocycles. The van der Waals surface area contributed by atoms with E-state index < -0.39 is 5.41 Å². The van der Waals surface area contributed by atoms with E-state index in [0.717, 1.165) is 24.8 Å². The highest BCUT2D eigenvalue weighted by molar-refractivity contribution is 6.34. The van der Waals surface area contributed by atoms with Crippen LogP contribution >= 0.6 is 11.6 Å². The molecule has 21 heavy (non-hydrogen) atoms. The summed E-state index contributed by atoms with van der Waals surface area (Å²) in [6.45, 7) is 2.75. The number of anilines is 1. The molecule has 4 nitrogen and oxygen atoms in total. The van der Waals surface area contributed by atoms with E-state index in [2.05, 4.69) is 12.0 Å².